The summed E-state index contributed by atoms with van der Waals surface area (Å²) in [4.78, 5) is 0. The fraction of sp³-hybridized carbons (Fsp3) is 0.600. The van der Waals surface area contributed by atoms with Gasteiger partial charge in [-0.25, -0.2) is 0 Å². The molecule has 0 bridgehead atoms. The SMILES string of the molecule is C/C=C/[C@@H](OCc1ccccc1)[C@H](O)[C@@H]1COC2(CCCCC2)O1. The van der Waals surface area contributed by atoms with Gasteiger partial charge in [0.1, 0.15) is 18.3 Å². The summed E-state index contributed by atoms with van der Waals surface area (Å²) in [5.74, 6) is -0.468. The number of hydrogen-bond acceptors (Lipinski definition) is 4. The van der Waals surface area contributed by atoms with E-state index in [9.17, 15) is 5.11 Å². The molecule has 1 saturated heterocycles. The number of aliphatic hydroxyl groups is 1. The quantitative estimate of drug-likeness (QED) is 0.809. The first kappa shape index (κ1) is 17.6. The molecule has 1 aromatic carbocycles. The standard InChI is InChI=1S/C20H28O4/c1-2-9-17(22-14-16-10-5-3-6-11-16)19(21)18-15-23-20(24-18)12-7-4-8-13-20/h2-3,5-6,9-11,17-19,21H,4,7-8,12-15H2,1H3/b9-2+/t17-,18+,19+/m1/s1. The van der Waals surface area contributed by atoms with Gasteiger partial charge < -0.3 is 19.3 Å². The molecule has 3 rings (SSSR count). The van der Waals surface area contributed by atoms with E-state index in [4.69, 9.17) is 14.2 Å². The molecule has 0 amide bonds. The zero-order chi connectivity index (χ0) is 16.8. The fourth-order valence-corrected chi connectivity index (χ4v) is 3.53. The molecular formula is C20H28O4. The zero-order valence-corrected chi connectivity index (χ0v) is 14.4. The highest BCUT2D eigenvalue weighted by Crippen LogP contribution is 2.39. The minimum atomic E-state index is -0.730. The Morgan fingerprint density at radius 2 is 2.00 bits per heavy atom. The predicted molar refractivity (Wildman–Crippen MR) is 92.5 cm³/mol. The molecule has 132 valence electrons. The van der Waals surface area contributed by atoms with Gasteiger partial charge in [-0.1, -0.05) is 48.9 Å². The molecule has 1 spiro atoms. The molecule has 4 heteroatoms. The van der Waals surface area contributed by atoms with E-state index in [0.29, 0.717) is 13.2 Å². The molecule has 1 aliphatic carbocycles. The van der Waals surface area contributed by atoms with Crippen LogP contribution in [0.4, 0.5) is 0 Å². The number of aliphatic hydroxyl groups excluding tert-OH is 1. The molecule has 1 aliphatic heterocycles. The minimum absolute atomic E-state index is 0.333. The summed E-state index contributed by atoms with van der Waals surface area (Å²) in [5.41, 5.74) is 1.09. The summed E-state index contributed by atoms with van der Waals surface area (Å²) >= 11 is 0. The summed E-state index contributed by atoms with van der Waals surface area (Å²) in [7, 11) is 0. The van der Waals surface area contributed by atoms with Crippen molar-refractivity contribution < 1.29 is 19.3 Å². The van der Waals surface area contributed by atoms with Crippen LogP contribution in [0.2, 0.25) is 0 Å². The van der Waals surface area contributed by atoms with Gasteiger partial charge in [0.05, 0.1) is 13.2 Å². The van der Waals surface area contributed by atoms with Crippen molar-refractivity contribution in [3.8, 4) is 0 Å². The molecule has 0 unspecified atom stereocenters. The Morgan fingerprint density at radius 3 is 2.71 bits per heavy atom. The van der Waals surface area contributed by atoms with E-state index in [-0.39, 0.29) is 6.10 Å². The fourth-order valence-electron chi connectivity index (χ4n) is 3.53. The Bertz CT molecular complexity index is 522. The summed E-state index contributed by atoms with van der Waals surface area (Å²) in [6, 6.07) is 9.99. The van der Waals surface area contributed by atoms with Crippen LogP contribution in [0.15, 0.2) is 42.5 Å². The minimum Gasteiger partial charge on any atom is -0.387 e. The van der Waals surface area contributed by atoms with Gasteiger partial charge in [-0.05, 0) is 25.3 Å². The van der Waals surface area contributed by atoms with E-state index >= 15 is 0 Å². The van der Waals surface area contributed by atoms with Gasteiger partial charge in [0, 0.05) is 12.8 Å². The molecule has 1 heterocycles. The molecule has 4 nitrogen and oxygen atoms in total. The maximum atomic E-state index is 10.8. The Kier molecular flexibility index (Phi) is 6.06. The van der Waals surface area contributed by atoms with Crippen molar-refractivity contribution in [2.24, 2.45) is 0 Å². The van der Waals surface area contributed by atoms with Crippen LogP contribution in [-0.2, 0) is 20.8 Å². The van der Waals surface area contributed by atoms with Crippen molar-refractivity contribution in [1.29, 1.82) is 0 Å². The Balaban J connectivity index is 1.59. The van der Waals surface area contributed by atoms with Gasteiger partial charge in [-0.3, -0.25) is 0 Å². The topological polar surface area (TPSA) is 47.9 Å². The molecule has 3 atom stereocenters. The first-order chi connectivity index (χ1) is 11.7. The van der Waals surface area contributed by atoms with Crippen LogP contribution in [0, 0.1) is 0 Å². The first-order valence-electron chi connectivity index (χ1n) is 9.01. The number of hydrogen-bond donors (Lipinski definition) is 1. The van der Waals surface area contributed by atoms with E-state index in [1.807, 2.05) is 49.4 Å². The molecule has 2 aliphatic rings. The number of ether oxygens (including phenoxy) is 3. The lowest BCUT2D eigenvalue weighted by Crippen LogP contribution is -2.41. The van der Waals surface area contributed by atoms with Crippen molar-refractivity contribution >= 4 is 0 Å². The highest BCUT2D eigenvalue weighted by atomic mass is 16.7. The number of allylic oxidation sites excluding steroid dienone is 1. The maximum Gasteiger partial charge on any atom is 0.169 e. The Labute approximate surface area is 144 Å². The van der Waals surface area contributed by atoms with Crippen LogP contribution in [0.1, 0.15) is 44.6 Å². The van der Waals surface area contributed by atoms with Gasteiger partial charge in [-0.2, -0.15) is 0 Å². The second-order valence-corrected chi connectivity index (χ2v) is 6.72. The van der Waals surface area contributed by atoms with Crippen LogP contribution in [0.25, 0.3) is 0 Å². The van der Waals surface area contributed by atoms with Crippen molar-refractivity contribution in [1.82, 2.24) is 0 Å². The van der Waals surface area contributed by atoms with Crippen LogP contribution in [-0.4, -0.2) is 35.8 Å². The zero-order valence-electron chi connectivity index (χ0n) is 14.4. The van der Waals surface area contributed by atoms with E-state index in [0.717, 1.165) is 31.2 Å². The molecular weight excluding hydrogens is 304 g/mol. The summed E-state index contributed by atoms with van der Waals surface area (Å²) in [6.45, 7) is 2.83. The van der Waals surface area contributed by atoms with Gasteiger partial charge >= 0.3 is 0 Å². The third-order valence-corrected chi connectivity index (χ3v) is 4.88. The Hall–Kier alpha value is -1.20. The molecule has 0 aromatic heterocycles. The smallest absolute Gasteiger partial charge is 0.169 e. The summed E-state index contributed by atoms with van der Waals surface area (Å²) in [6.07, 6.45) is 7.69. The summed E-state index contributed by atoms with van der Waals surface area (Å²) in [5, 5.41) is 10.8. The van der Waals surface area contributed by atoms with E-state index < -0.39 is 18.0 Å². The third kappa shape index (κ3) is 4.25. The van der Waals surface area contributed by atoms with Crippen LogP contribution < -0.4 is 0 Å². The molecule has 24 heavy (non-hydrogen) atoms. The number of benzene rings is 1. The van der Waals surface area contributed by atoms with Gasteiger partial charge in [0.2, 0.25) is 0 Å². The number of rotatable bonds is 6. The second-order valence-electron chi connectivity index (χ2n) is 6.72. The Morgan fingerprint density at radius 1 is 1.25 bits per heavy atom. The molecule has 1 saturated carbocycles. The normalized spacial score (nSPS) is 26.0. The lowest BCUT2D eigenvalue weighted by molar-refractivity contribution is -0.201. The molecule has 1 aromatic rings. The highest BCUT2D eigenvalue weighted by molar-refractivity contribution is 5.13. The van der Waals surface area contributed by atoms with E-state index in [1.165, 1.54) is 6.42 Å². The molecule has 2 fully saturated rings. The van der Waals surface area contributed by atoms with Crippen molar-refractivity contribution in [2.75, 3.05) is 6.61 Å². The largest absolute Gasteiger partial charge is 0.387 e. The maximum absolute atomic E-state index is 10.8. The van der Waals surface area contributed by atoms with E-state index in [1.54, 1.807) is 0 Å². The monoisotopic (exact) mass is 332 g/mol. The average molecular weight is 332 g/mol. The third-order valence-electron chi connectivity index (χ3n) is 4.88. The van der Waals surface area contributed by atoms with Gasteiger partial charge in [0.15, 0.2) is 5.79 Å². The van der Waals surface area contributed by atoms with Crippen molar-refractivity contribution in [3.05, 3.63) is 48.0 Å². The molecule has 0 radical (unpaired) electrons. The summed E-state index contributed by atoms with van der Waals surface area (Å²) < 4.78 is 18.0. The van der Waals surface area contributed by atoms with Crippen LogP contribution in [0.5, 0.6) is 0 Å². The van der Waals surface area contributed by atoms with E-state index in [2.05, 4.69) is 0 Å². The average Bonchev–Trinajstić information content (AvgIpc) is 3.03. The lowest BCUT2D eigenvalue weighted by Gasteiger charge is -2.33. The van der Waals surface area contributed by atoms with Gasteiger partial charge in [0.25, 0.3) is 0 Å². The predicted octanol–water partition coefficient (Wildman–Crippen LogP) is 3.58. The van der Waals surface area contributed by atoms with Crippen LogP contribution >= 0.6 is 0 Å². The van der Waals surface area contributed by atoms with Gasteiger partial charge in [-0.15, -0.1) is 0 Å². The van der Waals surface area contributed by atoms with Crippen molar-refractivity contribution in [3.63, 3.8) is 0 Å². The lowest BCUT2D eigenvalue weighted by atomic mass is 9.94. The highest BCUT2D eigenvalue weighted by Gasteiger charge is 2.45. The second kappa shape index (κ2) is 8.26. The van der Waals surface area contributed by atoms with Crippen LogP contribution in [0.3, 0.4) is 0 Å². The molecule has 1 N–H and O–H groups in total. The first-order valence-corrected chi connectivity index (χ1v) is 9.01. The van der Waals surface area contributed by atoms with Crippen molar-refractivity contribution in [2.45, 2.75) is 69.7 Å².